The Bertz CT molecular complexity index is 545. The largest absolute Gasteiger partial charge is 0.497 e. The third-order valence-corrected chi connectivity index (χ3v) is 6.06. The first-order valence-corrected chi connectivity index (χ1v) is 10.5. The highest BCUT2D eigenvalue weighted by atomic mass is 16.5. The molecule has 1 amide bonds. The van der Waals surface area contributed by atoms with Gasteiger partial charge in [-0.05, 0) is 37.8 Å². The minimum absolute atomic E-state index is 0.353. The number of quaternary nitrogens is 1. The lowest BCUT2D eigenvalue weighted by molar-refractivity contribution is -0.660. The Kier molecular flexibility index (Phi) is 7.36. The highest BCUT2D eigenvalue weighted by Crippen LogP contribution is 2.30. The second-order valence-electron chi connectivity index (χ2n) is 7.93. The summed E-state index contributed by atoms with van der Waals surface area (Å²) in [5.74, 6) is 1.24. The summed E-state index contributed by atoms with van der Waals surface area (Å²) < 4.78 is 5.29. The van der Waals surface area contributed by atoms with E-state index in [1.165, 1.54) is 69.8 Å². The Hall–Kier alpha value is -1.55. The van der Waals surface area contributed by atoms with Gasteiger partial charge in [-0.1, -0.05) is 50.7 Å². The molecule has 2 fully saturated rings. The van der Waals surface area contributed by atoms with Gasteiger partial charge in [-0.2, -0.15) is 0 Å². The molecular weight excluding hydrogens is 324 g/mol. The van der Waals surface area contributed by atoms with E-state index < -0.39 is 0 Å². The molecule has 0 aliphatic heterocycles. The fourth-order valence-electron chi connectivity index (χ4n) is 4.69. The molecule has 1 aromatic rings. The zero-order valence-electron chi connectivity index (χ0n) is 16.3. The van der Waals surface area contributed by atoms with Gasteiger partial charge in [0.2, 0.25) is 0 Å². The maximum Gasteiger partial charge on any atom is 0.278 e. The summed E-state index contributed by atoms with van der Waals surface area (Å²) in [6, 6.07) is 9.11. The minimum atomic E-state index is 0.353. The maximum absolute atomic E-state index is 13.1. The molecule has 2 N–H and O–H groups in total. The van der Waals surface area contributed by atoms with Crippen molar-refractivity contribution in [3.05, 3.63) is 29.8 Å². The Labute approximate surface area is 158 Å². The van der Waals surface area contributed by atoms with E-state index in [9.17, 15) is 4.79 Å². The van der Waals surface area contributed by atoms with Crippen LogP contribution in [0.1, 0.15) is 69.8 Å². The fraction of sp³-hybridized carbons (Fsp3) is 0.682. The van der Waals surface area contributed by atoms with Crippen LogP contribution >= 0.6 is 0 Å². The molecule has 0 unspecified atom stereocenters. The Morgan fingerprint density at radius 3 is 2.23 bits per heavy atom. The molecule has 0 atom stereocenters. The fourth-order valence-corrected chi connectivity index (χ4v) is 4.69. The van der Waals surface area contributed by atoms with Gasteiger partial charge in [-0.25, -0.2) is 0 Å². The number of amides is 1. The van der Waals surface area contributed by atoms with Crippen molar-refractivity contribution in [2.24, 2.45) is 0 Å². The van der Waals surface area contributed by atoms with Crippen molar-refractivity contribution in [2.75, 3.05) is 13.7 Å². The van der Waals surface area contributed by atoms with Crippen LogP contribution in [0.2, 0.25) is 0 Å². The lowest BCUT2D eigenvalue weighted by atomic mass is 9.88. The quantitative estimate of drug-likeness (QED) is 0.812. The Morgan fingerprint density at radius 1 is 1.04 bits per heavy atom. The molecule has 0 heterocycles. The molecule has 0 bridgehead atoms. The molecule has 2 aliphatic rings. The van der Waals surface area contributed by atoms with E-state index in [1.54, 1.807) is 7.11 Å². The topological polar surface area (TPSA) is 46.1 Å². The Balaban J connectivity index is 1.57. The molecule has 0 saturated heterocycles. The van der Waals surface area contributed by atoms with Gasteiger partial charge >= 0.3 is 0 Å². The number of carbonyl (C=O) groups is 1. The predicted octanol–water partition coefficient (Wildman–Crippen LogP) is 3.25. The summed E-state index contributed by atoms with van der Waals surface area (Å²) >= 11 is 0. The minimum Gasteiger partial charge on any atom is -0.497 e. The summed E-state index contributed by atoms with van der Waals surface area (Å²) in [7, 11) is 1.69. The number of nitrogens with two attached hydrogens (primary N) is 1. The van der Waals surface area contributed by atoms with Crippen molar-refractivity contribution in [1.82, 2.24) is 4.90 Å². The number of benzene rings is 1. The van der Waals surface area contributed by atoms with Gasteiger partial charge < -0.3 is 15.0 Å². The molecule has 0 radical (unpaired) electrons. The van der Waals surface area contributed by atoms with Crippen LogP contribution in [0.3, 0.4) is 0 Å². The number of nitrogens with zero attached hydrogens (tertiary/aromatic N) is 1. The second kappa shape index (κ2) is 9.96. The molecule has 144 valence electrons. The highest BCUT2D eigenvalue weighted by molar-refractivity contribution is 5.77. The molecule has 4 nitrogen and oxygen atoms in total. The van der Waals surface area contributed by atoms with Crippen LogP contribution in [-0.4, -0.2) is 36.5 Å². The molecular formula is C22H35N2O2+. The van der Waals surface area contributed by atoms with Gasteiger partial charge in [0, 0.05) is 17.6 Å². The zero-order valence-corrected chi connectivity index (χ0v) is 16.3. The van der Waals surface area contributed by atoms with E-state index >= 15 is 0 Å². The first-order valence-electron chi connectivity index (χ1n) is 10.5. The first kappa shape index (κ1) is 19.2. The SMILES string of the molecule is COc1cccc(C[NH2+]CC(=O)N(C2CCCCC2)C2CCCCC2)c1. The zero-order chi connectivity index (χ0) is 18.2. The summed E-state index contributed by atoms with van der Waals surface area (Å²) in [6.07, 6.45) is 12.6. The molecule has 0 spiro atoms. The van der Waals surface area contributed by atoms with Crippen molar-refractivity contribution in [2.45, 2.75) is 82.8 Å². The van der Waals surface area contributed by atoms with Crippen LogP contribution in [0.25, 0.3) is 0 Å². The van der Waals surface area contributed by atoms with Crippen molar-refractivity contribution >= 4 is 5.91 Å². The van der Waals surface area contributed by atoms with Gasteiger partial charge in [-0.3, -0.25) is 4.79 Å². The van der Waals surface area contributed by atoms with E-state index in [1.807, 2.05) is 12.1 Å². The maximum atomic E-state index is 13.1. The normalized spacial score (nSPS) is 19.3. The van der Waals surface area contributed by atoms with Gasteiger partial charge in [0.25, 0.3) is 5.91 Å². The molecule has 26 heavy (non-hydrogen) atoms. The van der Waals surface area contributed by atoms with Crippen molar-refractivity contribution in [3.8, 4) is 5.75 Å². The van der Waals surface area contributed by atoms with Crippen molar-refractivity contribution in [3.63, 3.8) is 0 Å². The number of carbonyl (C=O) groups excluding carboxylic acids is 1. The third kappa shape index (κ3) is 5.23. The molecule has 3 rings (SSSR count). The van der Waals surface area contributed by atoms with Crippen molar-refractivity contribution < 1.29 is 14.8 Å². The first-order chi connectivity index (χ1) is 12.8. The standard InChI is InChI=1S/C22H34N2O2/c1-26-21-14-8-9-18(15-21)16-23-17-22(25)24(19-10-4-2-5-11-19)20-12-6-3-7-13-20/h8-9,14-15,19-20,23H,2-7,10-13,16-17H2,1H3/p+1. The number of methoxy groups -OCH3 is 1. The highest BCUT2D eigenvalue weighted by Gasteiger charge is 2.32. The average Bonchev–Trinajstić information content (AvgIpc) is 2.70. The lowest BCUT2D eigenvalue weighted by Crippen LogP contribution is -2.85. The van der Waals surface area contributed by atoms with Crippen LogP contribution in [0.15, 0.2) is 24.3 Å². The van der Waals surface area contributed by atoms with Gasteiger partial charge in [0.15, 0.2) is 6.54 Å². The summed E-state index contributed by atoms with van der Waals surface area (Å²) in [5, 5.41) is 2.15. The average molecular weight is 360 g/mol. The number of ether oxygens (including phenoxy) is 1. The van der Waals surface area contributed by atoms with E-state index in [4.69, 9.17) is 4.74 Å². The summed E-state index contributed by atoms with van der Waals surface area (Å²) in [6.45, 7) is 1.39. The second-order valence-corrected chi connectivity index (χ2v) is 7.93. The van der Waals surface area contributed by atoms with Crippen molar-refractivity contribution in [1.29, 1.82) is 0 Å². The molecule has 2 aliphatic carbocycles. The predicted molar refractivity (Wildman–Crippen MR) is 104 cm³/mol. The third-order valence-electron chi connectivity index (χ3n) is 6.06. The van der Waals surface area contributed by atoms with E-state index in [0.717, 1.165) is 12.3 Å². The number of rotatable bonds is 7. The van der Waals surface area contributed by atoms with Gasteiger partial charge in [-0.15, -0.1) is 0 Å². The number of hydrogen-bond acceptors (Lipinski definition) is 2. The van der Waals surface area contributed by atoms with Crippen LogP contribution in [0.4, 0.5) is 0 Å². The molecule has 0 aromatic heterocycles. The smallest absolute Gasteiger partial charge is 0.278 e. The molecule has 2 saturated carbocycles. The van der Waals surface area contributed by atoms with E-state index in [-0.39, 0.29) is 0 Å². The number of hydrogen-bond donors (Lipinski definition) is 1. The summed E-state index contributed by atoms with van der Waals surface area (Å²) in [5.41, 5.74) is 1.21. The van der Waals surface area contributed by atoms with E-state index in [2.05, 4.69) is 22.3 Å². The van der Waals surface area contributed by atoms with E-state index in [0.29, 0.717) is 24.5 Å². The van der Waals surface area contributed by atoms with Crippen LogP contribution in [-0.2, 0) is 11.3 Å². The molecule has 1 aromatic carbocycles. The van der Waals surface area contributed by atoms with Gasteiger partial charge in [0.1, 0.15) is 12.3 Å². The lowest BCUT2D eigenvalue weighted by Gasteiger charge is -2.41. The monoisotopic (exact) mass is 359 g/mol. The summed E-state index contributed by atoms with van der Waals surface area (Å²) in [4.78, 5) is 15.4. The van der Waals surface area contributed by atoms with Crippen LogP contribution in [0, 0.1) is 0 Å². The molecule has 4 heteroatoms. The Morgan fingerprint density at radius 2 is 1.65 bits per heavy atom. The van der Waals surface area contributed by atoms with Gasteiger partial charge in [0.05, 0.1) is 7.11 Å². The van der Waals surface area contributed by atoms with Crippen LogP contribution < -0.4 is 10.1 Å². The van der Waals surface area contributed by atoms with Crippen LogP contribution in [0.5, 0.6) is 5.75 Å².